The fourth-order valence-electron chi connectivity index (χ4n) is 3.34. The standard InChI is InChI=1S/C8H10O/c9-7-3-6-4-1-2-5(6)8(4)7/h4-6,8H,1-3H2. The Morgan fingerprint density at radius 1 is 1.11 bits per heavy atom. The first-order chi connectivity index (χ1) is 4.38. The van der Waals surface area contributed by atoms with Crippen LogP contribution < -0.4 is 0 Å². The largest absolute Gasteiger partial charge is 0.299 e. The van der Waals surface area contributed by atoms with E-state index in [4.69, 9.17) is 0 Å². The van der Waals surface area contributed by atoms with Gasteiger partial charge in [-0.15, -0.1) is 0 Å². The lowest BCUT2D eigenvalue weighted by molar-refractivity contribution is -0.121. The summed E-state index contributed by atoms with van der Waals surface area (Å²) in [5.41, 5.74) is 0. The first-order valence-corrected chi connectivity index (χ1v) is 3.90. The van der Waals surface area contributed by atoms with Gasteiger partial charge in [0.05, 0.1) is 0 Å². The number of hydrogen-bond donors (Lipinski definition) is 0. The fourth-order valence-corrected chi connectivity index (χ4v) is 3.34. The Morgan fingerprint density at radius 2 is 1.78 bits per heavy atom. The van der Waals surface area contributed by atoms with Crippen LogP contribution >= 0.6 is 0 Å². The predicted octanol–water partition coefficient (Wildman–Crippen LogP) is 1.23. The van der Waals surface area contributed by atoms with Gasteiger partial charge in [0, 0.05) is 12.3 Å². The second kappa shape index (κ2) is 1.09. The predicted molar refractivity (Wildman–Crippen MR) is 32.8 cm³/mol. The van der Waals surface area contributed by atoms with Gasteiger partial charge in [-0.05, 0) is 30.6 Å². The van der Waals surface area contributed by atoms with Crippen molar-refractivity contribution in [3.05, 3.63) is 0 Å². The third-order valence-corrected chi connectivity index (χ3v) is 3.66. The van der Waals surface area contributed by atoms with E-state index < -0.39 is 0 Å². The average Bonchev–Trinajstić information content (AvgIpc) is 2.34. The lowest BCUT2D eigenvalue weighted by atomic mass is 9.71. The highest BCUT2D eigenvalue weighted by molar-refractivity contribution is 5.87. The Morgan fingerprint density at radius 3 is 2.11 bits per heavy atom. The summed E-state index contributed by atoms with van der Waals surface area (Å²) in [5.74, 6) is 3.75. The molecule has 5 fully saturated rings. The van der Waals surface area contributed by atoms with Gasteiger partial charge in [0.1, 0.15) is 5.78 Å². The van der Waals surface area contributed by atoms with Gasteiger partial charge in [0.2, 0.25) is 0 Å². The van der Waals surface area contributed by atoms with E-state index in [1.165, 1.54) is 12.8 Å². The SMILES string of the molecule is O=C1CC2C3CCC2C13. The maximum atomic E-state index is 11.1. The normalized spacial score (nSPS) is 60.2. The summed E-state index contributed by atoms with van der Waals surface area (Å²) in [6, 6.07) is 0. The van der Waals surface area contributed by atoms with E-state index in [1.54, 1.807) is 0 Å². The minimum absolute atomic E-state index is 0.565. The quantitative estimate of drug-likeness (QED) is 0.472. The first-order valence-electron chi connectivity index (χ1n) is 3.90. The van der Waals surface area contributed by atoms with E-state index in [0.717, 1.165) is 24.2 Å². The summed E-state index contributed by atoms with van der Waals surface area (Å²) in [6.45, 7) is 0. The molecule has 0 radical (unpaired) electrons. The van der Waals surface area contributed by atoms with E-state index in [2.05, 4.69) is 0 Å². The maximum absolute atomic E-state index is 11.1. The van der Waals surface area contributed by atoms with E-state index in [-0.39, 0.29) is 0 Å². The van der Waals surface area contributed by atoms with Gasteiger partial charge in [-0.2, -0.15) is 0 Å². The highest BCUT2D eigenvalue weighted by Gasteiger charge is 2.63. The average molecular weight is 122 g/mol. The molecule has 0 aromatic carbocycles. The van der Waals surface area contributed by atoms with Gasteiger partial charge in [-0.25, -0.2) is 0 Å². The molecule has 48 valence electrons. The summed E-state index contributed by atoms with van der Waals surface area (Å²) in [6.07, 6.45) is 3.68. The first kappa shape index (κ1) is 4.48. The number of rotatable bonds is 0. The highest BCUT2D eigenvalue weighted by Crippen LogP contribution is 2.65. The van der Waals surface area contributed by atoms with Crippen molar-refractivity contribution < 1.29 is 4.79 Å². The third-order valence-electron chi connectivity index (χ3n) is 3.66. The van der Waals surface area contributed by atoms with Gasteiger partial charge in [-0.3, -0.25) is 4.79 Å². The van der Waals surface area contributed by atoms with Crippen molar-refractivity contribution in [2.45, 2.75) is 19.3 Å². The van der Waals surface area contributed by atoms with Crippen molar-refractivity contribution in [2.24, 2.45) is 23.7 Å². The molecule has 0 saturated heterocycles. The fraction of sp³-hybridized carbons (Fsp3) is 0.875. The molecule has 4 bridgehead atoms. The van der Waals surface area contributed by atoms with E-state index >= 15 is 0 Å². The molecule has 9 heavy (non-hydrogen) atoms. The molecule has 2 unspecified atom stereocenters. The van der Waals surface area contributed by atoms with Gasteiger partial charge in [-0.1, -0.05) is 0 Å². The molecule has 5 rings (SSSR count). The molecule has 0 amide bonds. The number of carbonyl (C=O) groups excluding carboxylic acids is 1. The van der Waals surface area contributed by atoms with E-state index in [0.29, 0.717) is 11.7 Å². The number of hydrogen-bond acceptors (Lipinski definition) is 1. The minimum atomic E-state index is 0.565. The second-order valence-electron chi connectivity index (χ2n) is 3.77. The zero-order valence-electron chi connectivity index (χ0n) is 5.34. The molecule has 0 spiro atoms. The highest BCUT2D eigenvalue weighted by atomic mass is 16.1. The number of ketones is 1. The molecular weight excluding hydrogens is 112 g/mol. The second-order valence-corrected chi connectivity index (χ2v) is 3.77. The van der Waals surface area contributed by atoms with Crippen molar-refractivity contribution in [3.63, 3.8) is 0 Å². The molecule has 1 heteroatoms. The van der Waals surface area contributed by atoms with Crippen LogP contribution in [0.5, 0.6) is 0 Å². The molecule has 0 aromatic rings. The van der Waals surface area contributed by atoms with E-state index in [1.807, 2.05) is 0 Å². The Balaban J connectivity index is 2.09. The van der Waals surface area contributed by atoms with Crippen molar-refractivity contribution in [1.29, 1.82) is 0 Å². The summed E-state index contributed by atoms with van der Waals surface area (Å²) in [4.78, 5) is 11.1. The molecule has 2 atom stereocenters. The lowest BCUT2D eigenvalue weighted by Crippen LogP contribution is -2.31. The molecule has 1 nitrogen and oxygen atoms in total. The van der Waals surface area contributed by atoms with E-state index in [9.17, 15) is 4.79 Å². The van der Waals surface area contributed by atoms with Crippen LogP contribution in [0.4, 0.5) is 0 Å². The van der Waals surface area contributed by atoms with Crippen LogP contribution in [0.1, 0.15) is 19.3 Å². The van der Waals surface area contributed by atoms with Crippen LogP contribution in [0.2, 0.25) is 0 Å². The van der Waals surface area contributed by atoms with Crippen LogP contribution in [0.3, 0.4) is 0 Å². The molecule has 0 aromatic heterocycles. The Labute approximate surface area is 54.4 Å². The van der Waals surface area contributed by atoms with Crippen LogP contribution in [-0.2, 0) is 4.79 Å². The Kier molecular flexibility index (Phi) is 0.544. The molecule has 5 saturated carbocycles. The van der Waals surface area contributed by atoms with Crippen LogP contribution in [-0.4, -0.2) is 5.78 Å². The van der Waals surface area contributed by atoms with Gasteiger partial charge in [0.25, 0.3) is 0 Å². The summed E-state index contributed by atoms with van der Waals surface area (Å²) in [7, 11) is 0. The summed E-state index contributed by atoms with van der Waals surface area (Å²) in [5, 5.41) is 0. The van der Waals surface area contributed by atoms with Crippen LogP contribution in [0.25, 0.3) is 0 Å². The van der Waals surface area contributed by atoms with Gasteiger partial charge in [0.15, 0.2) is 0 Å². The maximum Gasteiger partial charge on any atom is 0.136 e. The van der Waals surface area contributed by atoms with Crippen molar-refractivity contribution in [2.75, 3.05) is 0 Å². The number of carbonyl (C=O) groups is 1. The summed E-state index contributed by atoms with van der Waals surface area (Å²) < 4.78 is 0. The smallest absolute Gasteiger partial charge is 0.136 e. The molecule has 5 aliphatic carbocycles. The molecule has 0 aliphatic heterocycles. The zero-order chi connectivity index (χ0) is 6.01. The van der Waals surface area contributed by atoms with Gasteiger partial charge < -0.3 is 0 Å². The van der Waals surface area contributed by atoms with Crippen LogP contribution in [0, 0.1) is 23.7 Å². The monoisotopic (exact) mass is 122 g/mol. The minimum Gasteiger partial charge on any atom is -0.299 e. The number of fused-ring (bicyclic) bond motifs is 2. The lowest BCUT2D eigenvalue weighted by Gasteiger charge is -2.32. The van der Waals surface area contributed by atoms with Crippen LogP contribution in [0.15, 0.2) is 0 Å². The molecule has 0 N–H and O–H groups in total. The Hall–Kier alpha value is -0.330. The van der Waals surface area contributed by atoms with Crippen molar-refractivity contribution in [1.82, 2.24) is 0 Å². The zero-order valence-corrected chi connectivity index (χ0v) is 5.34. The van der Waals surface area contributed by atoms with Gasteiger partial charge >= 0.3 is 0 Å². The third kappa shape index (κ3) is 0.300. The van der Waals surface area contributed by atoms with Crippen molar-refractivity contribution >= 4 is 5.78 Å². The van der Waals surface area contributed by atoms with Crippen molar-refractivity contribution in [3.8, 4) is 0 Å². The molecule has 5 aliphatic rings. The Bertz CT molecular complexity index is 173. The topological polar surface area (TPSA) is 17.1 Å². The molecular formula is C8H10O. The summed E-state index contributed by atoms with van der Waals surface area (Å²) >= 11 is 0. The number of Topliss-reactive ketones (excluding diaryl/α,β-unsaturated/α-hetero) is 1. The molecule has 0 heterocycles.